The zero-order valence-electron chi connectivity index (χ0n) is 18.5. The molecule has 0 unspecified atom stereocenters. The summed E-state index contributed by atoms with van der Waals surface area (Å²) in [6, 6.07) is 0. The maximum atomic E-state index is 3.50. The van der Waals surface area contributed by atoms with Crippen molar-refractivity contribution >= 4 is 0 Å². The fraction of sp³-hybridized carbons (Fsp3) is 0.917. The smallest absolute Gasteiger partial charge is 0.0102 e. The molecule has 0 amide bonds. The van der Waals surface area contributed by atoms with Gasteiger partial charge in [-0.3, -0.25) is 5.43 Å². The Labute approximate surface area is 166 Å². The molecule has 0 spiro atoms. The Kier molecular flexibility index (Phi) is 22.4. The predicted octanol–water partition coefficient (Wildman–Crippen LogP) is 7.65. The maximum Gasteiger partial charge on any atom is 0.0102 e. The summed E-state index contributed by atoms with van der Waals surface area (Å²) in [6.07, 6.45) is 27.2. The second-order valence-electron chi connectivity index (χ2n) is 7.73. The van der Waals surface area contributed by atoms with Gasteiger partial charge in [0.05, 0.1) is 0 Å². The number of unbranched alkanes of at least 4 members (excludes halogenated alkanes) is 14. The third-order valence-corrected chi connectivity index (χ3v) is 5.29. The molecule has 0 fully saturated rings. The third-order valence-electron chi connectivity index (χ3n) is 5.29. The number of rotatable bonds is 21. The van der Waals surface area contributed by atoms with Crippen molar-refractivity contribution in [3.05, 3.63) is 12.2 Å². The number of hydrazine groups is 1. The van der Waals surface area contributed by atoms with Crippen molar-refractivity contribution in [3.8, 4) is 0 Å². The van der Waals surface area contributed by atoms with Gasteiger partial charge in [-0.15, -0.1) is 0 Å². The largest absolute Gasteiger partial charge is 0.255 e. The van der Waals surface area contributed by atoms with E-state index in [1.165, 1.54) is 103 Å². The first kappa shape index (κ1) is 25.7. The number of nitrogens with one attached hydrogen (secondary N) is 1. The second-order valence-corrected chi connectivity index (χ2v) is 7.73. The van der Waals surface area contributed by atoms with Gasteiger partial charge in [0.25, 0.3) is 0 Å². The van der Waals surface area contributed by atoms with Gasteiger partial charge in [-0.2, -0.15) is 0 Å². The van der Waals surface area contributed by atoms with E-state index in [0.29, 0.717) is 0 Å². The first-order valence-corrected chi connectivity index (χ1v) is 12.0. The first-order chi connectivity index (χ1) is 12.8. The number of allylic oxidation sites excluding steroid dienone is 2. The Hall–Kier alpha value is -0.340. The van der Waals surface area contributed by atoms with Gasteiger partial charge in [-0.25, -0.2) is 5.01 Å². The minimum atomic E-state index is 1.10. The van der Waals surface area contributed by atoms with E-state index in [4.69, 9.17) is 0 Å². The summed E-state index contributed by atoms with van der Waals surface area (Å²) >= 11 is 0. The summed E-state index contributed by atoms with van der Waals surface area (Å²) in [5, 5.41) is 2.29. The quantitative estimate of drug-likeness (QED) is 0.127. The lowest BCUT2D eigenvalue weighted by Crippen LogP contribution is -2.38. The zero-order valence-corrected chi connectivity index (χ0v) is 18.5. The molecule has 0 aliphatic rings. The van der Waals surface area contributed by atoms with Crippen molar-refractivity contribution in [2.75, 3.05) is 19.6 Å². The van der Waals surface area contributed by atoms with Crippen LogP contribution in [0, 0.1) is 0 Å². The highest BCUT2D eigenvalue weighted by Crippen LogP contribution is 2.11. The van der Waals surface area contributed by atoms with Crippen molar-refractivity contribution in [3.63, 3.8) is 0 Å². The Bertz CT molecular complexity index is 271. The summed E-state index contributed by atoms with van der Waals surface area (Å²) in [6.45, 7) is 10.1. The van der Waals surface area contributed by atoms with Crippen LogP contribution in [-0.2, 0) is 0 Å². The molecular formula is C24H50N2. The van der Waals surface area contributed by atoms with Gasteiger partial charge in [-0.05, 0) is 32.1 Å². The summed E-state index contributed by atoms with van der Waals surface area (Å²) in [5.74, 6) is 0. The zero-order chi connectivity index (χ0) is 19.1. The van der Waals surface area contributed by atoms with Crippen molar-refractivity contribution in [2.45, 2.75) is 124 Å². The fourth-order valence-electron chi connectivity index (χ4n) is 3.41. The Balaban J connectivity index is 3.13. The van der Waals surface area contributed by atoms with Gasteiger partial charge in [0.1, 0.15) is 0 Å². The molecule has 0 heterocycles. The average molecular weight is 367 g/mol. The average Bonchev–Trinajstić information content (AvgIpc) is 2.66. The van der Waals surface area contributed by atoms with E-state index in [0.717, 1.165) is 19.6 Å². The van der Waals surface area contributed by atoms with E-state index in [9.17, 15) is 0 Å². The van der Waals surface area contributed by atoms with E-state index in [1.807, 2.05) is 0 Å². The standard InChI is InChI=1S/C24H50N2/c1-4-7-8-9-10-11-12-13-14-15-16-17-18-19-20-21-22-23-24-25-26(5-2)6-3/h15-16,25H,4-14,17-24H2,1-3H3/b16-15-. The SMILES string of the molecule is CCCCCCCCCC/C=C\CCCCCCCCNN(CC)CC. The highest BCUT2D eigenvalue weighted by Gasteiger charge is 1.96. The van der Waals surface area contributed by atoms with Crippen LogP contribution in [0.4, 0.5) is 0 Å². The highest BCUT2D eigenvalue weighted by molar-refractivity contribution is 4.81. The van der Waals surface area contributed by atoms with Crippen molar-refractivity contribution in [2.24, 2.45) is 0 Å². The first-order valence-electron chi connectivity index (χ1n) is 12.0. The van der Waals surface area contributed by atoms with Crippen LogP contribution in [0.3, 0.4) is 0 Å². The molecule has 0 saturated heterocycles. The molecule has 2 nitrogen and oxygen atoms in total. The normalized spacial score (nSPS) is 11.8. The highest BCUT2D eigenvalue weighted by atomic mass is 15.5. The molecule has 0 aliphatic carbocycles. The molecule has 156 valence electrons. The molecule has 0 aliphatic heterocycles. The molecule has 0 aromatic rings. The number of nitrogens with zero attached hydrogens (tertiary/aromatic N) is 1. The third kappa shape index (κ3) is 20.0. The Morgan fingerprint density at radius 1 is 0.538 bits per heavy atom. The van der Waals surface area contributed by atoms with E-state index < -0.39 is 0 Å². The molecule has 1 N–H and O–H groups in total. The number of hydrogen-bond acceptors (Lipinski definition) is 2. The van der Waals surface area contributed by atoms with Gasteiger partial charge in [0.2, 0.25) is 0 Å². The topological polar surface area (TPSA) is 15.3 Å². The molecule has 0 aromatic carbocycles. The number of hydrogen-bond donors (Lipinski definition) is 1. The van der Waals surface area contributed by atoms with Gasteiger partial charge >= 0.3 is 0 Å². The van der Waals surface area contributed by atoms with Gasteiger partial charge in [0, 0.05) is 19.6 Å². The lowest BCUT2D eigenvalue weighted by molar-refractivity contribution is 0.207. The van der Waals surface area contributed by atoms with Gasteiger partial charge in [-0.1, -0.05) is 104 Å². The predicted molar refractivity (Wildman–Crippen MR) is 120 cm³/mol. The molecule has 0 aromatic heterocycles. The summed E-state index contributed by atoms with van der Waals surface area (Å²) in [4.78, 5) is 0. The lowest BCUT2D eigenvalue weighted by atomic mass is 10.1. The summed E-state index contributed by atoms with van der Waals surface area (Å²) in [7, 11) is 0. The van der Waals surface area contributed by atoms with Crippen LogP contribution in [0.25, 0.3) is 0 Å². The van der Waals surface area contributed by atoms with Crippen LogP contribution in [0.2, 0.25) is 0 Å². The van der Waals surface area contributed by atoms with Crippen LogP contribution in [0.1, 0.15) is 124 Å². The van der Waals surface area contributed by atoms with E-state index in [1.54, 1.807) is 0 Å². The fourth-order valence-corrected chi connectivity index (χ4v) is 3.41. The van der Waals surface area contributed by atoms with E-state index in [2.05, 4.69) is 43.4 Å². The molecule has 0 saturated carbocycles. The maximum absolute atomic E-state index is 3.50. The van der Waals surface area contributed by atoms with Crippen LogP contribution in [0.15, 0.2) is 12.2 Å². The molecule has 0 rings (SSSR count). The van der Waals surface area contributed by atoms with Gasteiger partial charge in [0.15, 0.2) is 0 Å². The Morgan fingerprint density at radius 3 is 1.42 bits per heavy atom. The van der Waals surface area contributed by atoms with Crippen LogP contribution in [0.5, 0.6) is 0 Å². The molecule has 0 bridgehead atoms. The minimum Gasteiger partial charge on any atom is -0.255 e. The van der Waals surface area contributed by atoms with Crippen molar-refractivity contribution < 1.29 is 0 Å². The summed E-state index contributed by atoms with van der Waals surface area (Å²) in [5.41, 5.74) is 3.50. The molecule has 0 radical (unpaired) electrons. The molecule has 0 atom stereocenters. The lowest BCUT2D eigenvalue weighted by Gasteiger charge is -2.19. The summed E-state index contributed by atoms with van der Waals surface area (Å²) < 4.78 is 0. The van der Waals surface area contributed by atoms with E-state index in [-0.39, 0.29) is 0 Å². The second kappa shape index (κ2) is 22.7. The van der Waals surface area contributed by atoms with Crippen LogP contribution in [-0.4, -0.2) is 24.6 Å². The van der Waals surface area contributed by atoms with Crippen molar-refractivity contribution in [1.82, 2.24) is 10.4 Å². The molecular weight excluding hydrogens is 316 g/mol. The van der Waals surface area contributed by atoms with Crippen LogP contribution >= 0.6 is 0 Å². The Morgan fingerprint density at radius 2 is 0.962 bits per heavy atom. The molecule has 26 heavy (non-hydrogen) atoms. The minimum absolute atomic E-state index is 1.10. The van der Waals surface area contributed by atoms with E-state index >= 15 is 0 Å². The van der Waals surface area contributed by atoms with Gasteiger partial charge < -0.3 is 0 Å². The van der Waals surface area contributed by atoms with Crippen LogP contribution < -0.4 is 5.43 Å². The molecule has 2 heteroatoms. The van der Waals surface area contributed by atoms with Crippen molar-refractivity contribution in [1.29, 1.82) is 0 Å². The monoisotopic (exact) mass is 366 g/mol.